The van der Waals surface area contributed by atoms with Gasteiger partial charge in [0.1, 0.15) is 0 Å². The highest BCUT2D eigenvalue weighted by Gasteiger charge is 2.28. The number of rotatable bonds is 5. The van der Waals surface area contributed by atoms with Gasteiger partial charge >= 0.3 is 0 Å². The second kappa shape index (κ2) is 7.70. The summed E-state index contributed by atoms with van der Waals surface area (Å²) in [7, 11) is 1.72. The zero-order valence-electron chi connectivity index (χ0n) is 14.4. The monoisotopic (exact) mass is 370 g/mol. The maximum atomic E-state index is 12.6. The minimum Gasteiger partial charge on any atom is -0.337 e. The first kappa shape index (κ1) is 18.1. The lowest BCUT2D eigenvalue weighted by Gasteiger charge is -2.18. The molecule has 1 heterocycles. The number of nitrogens with zero attached hydrogens (tertiary/aromatic N) is 2. The van der Waals surface area contributed by atoms with Gasteiger partial charge in [0.05, 0.1) is 6.54 Å². The number of carbonyl (C=O) groups is 3. The van der Waals surface area contributed by atoms with Gasteiger partial charge in [0.2, 0.25) is 11.8 Å². The second-order valence-corrected chi connectivity index (χ2v) is 6.73. The molecule has 3 rings (SSSR count). The van der Waals surface area contributed by atoms with Gasteiger partial charge in [-0.15, -0.1) is 0 Å². The molecule has 5 nitrogen and oxygen atoms in total. The van der Waals surface area contributed by atoms with E-state index in [0.29, 0.717) is 17.1 Å². The zero-order valence-corrected chi connectivity index (χ0v) is 15.2. The number of hydrogen-bond acceptors (Lipinski definition) is 3. The van der Waals surface area contributed by atoms with Crippen molar-refractivity contribution in [2.45, 2.75) is 25.9 Å². The maximum absolute atomic E-state index is 12.6. The molecule has 1 saturated heterocycles. The molecule has 1 fully saturated rings. The van der Waals surface area contributed by atoms with Crippen LogP contribution in [0.15, 0.2) is 48.5 Å². The molecule has 0 spiro atoms. The molecule has 1 aliphatic heterocycles. The van der Waals surface area contributed by atoms with Gasteiger partial charge in [-0.1, -0.05) is 41.9 Å². The van der Waals surface area contributed by atoms with Gasteiger partial charge in [-0.3, -0.25) is 19.3 Å². The van der Waals surface area contributed by atoms with Crippen molar-refractivity contribution in [3.63, 3.8) is 0 Å². The van der Waals surface area contributed by atoms with Crippen LogP contribution >= 0.6 is 11.6 Å². The van der Waals surface area contributed by atoms with E-state index in [4.69, 9.17) is 11.6 Å². The van der Waals surface area contributed by atoms with Crippen molar-refractivity contribution in [1.29, 1.82) is 0 Å². The van der Waals surface area contributed by atoms with E-state index in [2.05, 4.69) is 0 Å². The molecule has 1 aliphatic rings. The topological polar surface area (TPSA) is 57.7 Å². The largest absolute Gasteiger partial charge is 0.337 e. The summed E-state index contributed by atoms with van der Waals surface area (Å²) < 4.78 is 0. The van der Waals surface area contributed by atoms with E-state index < -0.39 is 0 Å². The van der Waals surface area contributed by atoms with Gasteiger partial charge in [0.25, 0.3) is 5.91 Å². The Morgan fingerprint density at radius 1 is 1.04 bits per heavy atom. The van der Waals surface area contributed by atoms with Crippen LogP contribution < -0.4 is 0 Å². The highest BCUT2D eigenvalue weighted by Crippen LogP contribution is 2.19. The van der Waals surface area contributed by atoms with E-state index in [1.54, 1.807) is 42.3 Å². The van der Waals surface area contributed by atoms with Gasteiger partial charge in [-0.25, -0.2) is 0 Å². The molecule has 6 heteroatoms. The molecule has 0 N–H and O–H groups in total. The van der Waals surface area contributed by atoms with E-state index in [1.165, 1.54) is 4.90 Å². The summed E-state index contributed by atoms with van der Waals surface area (Å²) in [5, 5.41) is 0.627. The Labute approximate surface area is 157 Å². The Bertz CT molecular complexity index is 832. The molecule has 0 aromatic heterocycles. The molecule has 134 valence electrons. The van der Waals surface area contributed by atoms with Crippen molar-refractivity contribution in [3.8, 4) is 0 Å². The van der Waals surface area contributed by atoms with Crippen LogP contribution in [-0.4, -0.2) is 34.6 Å². The third kappa shape index (κ3) is 3.94. The van der Waals surface area contributed by atoms with Crippen molar-refractivity contribution >= 4 is 29.3 Å². The fraction of sp³-hybridized carbons (Fsp3) is 0.250. The first-order valence-electron chi connectivity index (χ1n) is 8.36. The summed E-state index contributed by atoms with van der Waals surface area (Å²) >= 11 is 6.15. The van der Waals surface area contributed by atoms with Crippen molar-refractivity contribution in [2.75, 3.05) is 7.05 Å². The van der Waals surface area contributed by atoms with Crippen LogP contribution in [-0.2, 0) is 22.7 Å². The Morgan fingerprint density at radius 2 is 1.65 bits per heavy atom. The number of halogens is 1. The summed E-state index contributed by atoms with van der Waals surface area (Å²) in [4.78, 5) is 38.8. The standard InChI is InChI=1S/C20H19ClN2O3/c1-22(13-16-4-2-3-5-17(16)21)20(26)15-8-6-14(7-9-15)12-23-18(24)10-11-19(23)25/h2-9H,10-13H2,1H3. The van der Waals surface area contributed by atoms with Crippen LogP contribution in [0.4, 0.5) is 0 Å². The fourth-order valence-electron chi connectivity index (χ4n) is 2.91. The molecule has 0 radical (unpaired) electrons. The molecule has 0 bridgehead atoms. The van der Waals surface area contributed by atoms with E-state index in [0.717, 1.165) is 11.1 Å². The summed E-state index contributed by atoms with van der Waals surface area (Å²) in [6.45, 7) is 0.665. The normalized spacial score (nSPS) is 14.0. The van der Waals surface area contributed by atoms with Crippen LogP contribution in [0, 0.1) is 0 Å². The Hall–Kier alpha value is -2.66. The van der Waals surface area contributed by atoms with Crippen LogP contribution in [0.5, 0.6) is 0 Å². The van der Waals surface area contributed by atoms with E-state index >= 15 is 0 Å². The molecule has 0 atom stereocenters. The predicted molar refractivity (Wildman–Crippen MR) is 98.5 cm³/mol. The Kier molecular flexibility index (Phi) is 5.38. The molecule has 0 unspecified atom stereocenters. The minimum atomic E-state index is -0.144. The first-order chi connectivity index (χ1) is 12.5. The third-order valence-electron chi connectivity index (χ3n) is 4.41. The van der Waals surface area contributed by atoms with Crippen LogP contribution in [0.2, 0.25) is 5.02 Å². The average molecular weight is 371 g/mol. The van der Waals surface area contributed by atoms with Crippen LogP contribution in [0.25, 0.3) is 0 Å². The summed E-state index contributed by atoms with van der Waals surface area (Å²) in [5.41, 5.74) is 2.24. The lowest BCUT2D eigenvalue weighted by molar-refractivity contribution is -0.139. The van der Waals surface area contributed by atoms with Crippen molar-refractivity contribution < 1.29 is 14.4 Å². The molecule has 2 aromatic carbocycles. The van der Waals surface area contributed by atoms with Crippen molar-refractivity contribution in [3.05, 3.63) is 70.2 Å². The number of likely N-dealkylation sites (tertiary alicyclic amines) is 1. The Balaban J connectivity index is 1.66. The van der Waals surface area contributed by atoms with Crippen molar-refractivity contribution in [2.24, 2.45) is 0 Å². The highest BCUT2D eigenvalue weighted by molar-refractivity contribution is 6.31. The summed E-state index contributed by atoms with van der Waals surface area (Å²) in [5.74, 6) is -0.408. The number of carbonyl (C=O) groups excluding carboxylic acids is 3. The van der Waals surface area contributed by atoms with Gasteiger partial charge < -0.3 is 4.90 Å². The number of hydrogen-bond donors (Lipinski definition) is 0. The quantitative estimate of drug-likeness (QED) is 0.759. The summed E-state index contributed by atoms with van der Waals surface area (Å²) in [6, 6.07) is 14.4. The van der Waals surface area contributed by atoms with Gasteiger partial charge in [-0.2, -0.15) is 0 Å². The zero-order chi connectivity index (χ0) is 18.7. The highest BCUT2D eigenvalue weighted by atomic mass is 35.5. The minimum absolute atomic E-state index is 0.121. The average Bonchev–Trinajstić information content (AvgIpc) is 2.95. The molecular weight excluding hydrogens is 352 g/mol. The lowest BCUT2D eigenvalue weighted by atomic mass is 10.1. The Morgan fingerprint density at radius 3 is 2.27 bits per heavy atom. The SMILES string of the molecule is CN(Cc1ccccc1Cl)C(=O)c1ccc(CN2C(=O)CCC2=O)cc1. The third-order valence-corrected chi connectivity index (χ3v) is 4.78. The fourth-order valence-corrected chi connectivity index (χ4v) is 3.10. The first-order valence-corrected chi connectivity index (χ1v) is 8.74. The van der Waals surface area contributed by atoms with Gasteiger partial charge in [-0.05, 0) is 29.3 Å². The molecule has 3 amide bonds. The number of benzene rings is 2. The van der Waals surface area contributed by atoms with Gasteiger partial charge in [0, 0.05) is 37.0 Å². The molecule has 2 aromatic rings. The predicted octanol–water partition coefficient (Wildman–Crippen LogP) is 3.26. The van der Waals surface area contributed by atoms with Crippen LogP contribution in [0.3, 0.4) is 0 Å². The van der Waals surface area contributed by atoms with E-state index in [9.17, 15) is 14.4 Å². The molecule has 26 heavy (non-hydrogen) atoms. The van der Waals surface area contributed by atoms with Gasteiger partial charge in [0.15, 0.2) is 0 Å². The van der Waals surface area contributed by atoms with Crippen molar-refractivity contribution in [1.82, 2.24) is 9.80 Å². The molecule has 0 saturated carbocycles. The molecular formula is C20H19ClN2O3. The van der Waals surface area contributed by atoms with E-state index in [1.807, 2.05) is 18.2 Å². The lowest BCUT2D eigenvalue weighted by Crippen LogP contribution is -2.28. The number of amides is 3. The van der Waals surface area contributed by atoms with E-state index in [-0.39, 0.29) is 37.1 Å². The summed E-state index contributed by atoms with van der Waals surface area (Å²) in [6.07, 6.45) is 0.560. The number of imide groups is 1. The maximum Gasteiger partial charge on any atom is 0.253 e. The second-order valence-electron chi connectivity index (χ2n) is 6.32. The smallest absolute Gasteiger partial charge is 0.253 e. The molecule has 0 aliphatic carbocycles. The van der Waals surface area contributed by atoms with Crippen LogP contribution in [0.1, 0.15) is 34.3 Å².